The van der Waals surface area contributed by atoms with Gasteiger partial charge in [0.15, 0.2) is 9.84 Å². The molecule has 1 fully saturated rings. The van der Waals surface area contributed by atoms with E-state index in [9.17, 15) is 8.42 Å². The predicted molar refractivity (Wildman–Crippen MR) is 63.8 cm³/mol. The average molecular weight is 239 g/mol. The van der Waals surface area contributed by atoms with Crippen molar-refractivity contribution < 1.29 is 8.42 Å². The van der Waals surface area contributed by atoms with E-state index in [1.165, 1.54) is 0 Å². The van der Waals surface area contributed by atoms with Crippen molar-refractivity contribution in [2.24, 2.45) is 5.73 Å². The van der Waals surface area contributed by atoms with Crippen LogP contribution in [0.3, 0.4) is 0 Å². The highest BCUT2D eigenvalue weighted by Gasteiger charge is 2.29. The van der Waals surface area contributed by atoms with E-state index < -0.39 is 9.84 Å². The minimum Gasteiger partial charge on any atom is -0.326 e. The fourth-order valence-electron chi connectivity index (χ4n) is 2.21. The normalized spacial score (nSPS) is 17.8. The fraction of sp³-hybridized carbons (Fsp3) is 0.500. The second kappa shape index (κ2) is 4.55. The van der Waals surface area contributed by atoms with E-state index in [0.29, 0.717) is 11.4 Å². The van der Waals surface area contributed by atoms with Crippen LogP contribution in [0.25, 0.3) is 0 Å². The van der Waals surface area contributed by atoms with E-state index in [0.717, 1.165) is 31.2 Å². The molecule has 1 aliphatic rings. The molecule has 0 amide bonds. The number of benzene rings is 1. The highest BCUT2D eigenvalue weighted by Crippen LogP contribution is 2.29. The molecule has 2 N–H and O–H groups in total. The van der Waals surface area contributed by atoms with Gasteiger partial charge >= 0.3 is 0 Å². The molecule has 16 heavy (non-hydrogen) atoms. The van der Waals surface area contributed by atoms with Crippen LogP contribution in [0, 0.1) is 0 Å². The minimum absolute atomic E-state index is 0.170. The van der Waals surface area contributed by atoms with Gasteiger partial charge in [-0.15, -0.1) is 0 Å². The van der Waals surface area contributed by atoms with E-state index >= 15 is 0 Å². The molecule has 1 aliphatic carbocycles. The molecule has 2 rings (SSSR count). The topological polar surface area (TPSA) is 60.2 Å². The summed E-state index contributed by atoms with van der Waals surface area (Å²) in [6, 6.07) is 6.94. The Bertz CT molecular complexity index is 444. The lowest BCUT2D eigenvalue weighted by Gasteiger charge is -2.11. The van der Waals surface area contributed by atoms with Crippen molar-refractivity contribution in [1.29, 1.82) is 0 Å². The van der Waals surface area contributed by atoms with Gasteiger partial charge in [-0.1, -0.05) is 25.0 Å². The standard InChI is InChI=1S/C12H17NO2S/c13-9-10-5-7-12(8-6-10)16(14,15)11-3-1-2-4-11/h5-8,11H,1-4,9,13H2. The summed E-state index contributed by atoms with van der Waals surface area (Å²) >= 11 is 0. The van der Waals surface area contributed by atoms with E-state index in [1.54, 1.807) is 24.3 Å². The van der Waals surface area contributed by atoms with Gasteiger partial charge in [-0.25, -0.2) is 8.42 Å². The molecule has 0 saturated heterocycles. The van der Waals surface area contributed by atoms with Crippen molar-refractivity contribution in [2.45, 2.75) is 42.4 Å². The summed E-state index contributed by atoms with van der Waals surface area (Å²) in [4.78, 5) is 0.441. The third kappa shape index (κ3) is 2.13. The Hall–Kier alpha value is -0.870. The number of rotatable bonds is 3. The average Bonchev–Trinajstić information content (AvgIpc) is 2.83. The zero-order chi connectivity index (χ0) is 11.6. The number of hydrogen-bond acceptors (Lipinski definition) is 3. The Kier molecular flexibility index (Phi) is 3.30. The third-order valence-electron chi connectivity index (χ3n) is 3.23. The van der Waals surface area contributed by atoms with Crippen LogP contribution in [0.4, 0.5) is 0 Å². The summed E-state index contributed by atoms with van der Waals surface area (Å²) in [5.41, 5.74) is 6.44. The Labute approximate surface area is 96.6 Å². The summed E-state index contributed by atoms with van der Waals surface area (Å²) in [5, 5.41) is -0.170. The maximum absolute atomic E-state index is 12.2. The monoisotopic (exact) mass is 239 g/mol. The smallest absolute Gasteiger partial charge is 0.181 e. The first-order valence-corrected chi connectivity index (χ1v) is 7.22. The van der Waals surface area contributed by atoms with Gasteiger partial charge in [-0.3, -0.25) is 0 Å². The van der Waals surface area contributed by atoms with Crippen molar-refractivity contribution >= 4 is 9.84 Å². The molecule has 0 aliphatic heterocycles. The first-order valence-electron chi connectivity index (χ1n) is 5.67. The zero-order valence-corrected chi connectivity index (χ0v) is 10.0. The summed E-state index contributed by atoms with van der Waals surface area (Å²) in [7, 11) is -3.10. The number of hydrogen-bond donors (Lipinski definition) is 1. The van der Waals surface area contributed by atoms with E-state index in [1.807, 2.05) is 0 Å². The molecule has 0 spiro atoms. The Morgan fingerprint density at radius 2 is 1.69 bits per heavy atom. The number of sulfone groups is 1. The molecule has 1 saturated carbocycles. The molecule has 4 heteroatoms. The van der Waals surface area contributed by atoms with Crippen LogP contribution in [0.5, 0.6) is 0 Å². The highest BCUT2D eigenvalue weighted by atomic mass is 32.2. The molecule has 0 radical (unpaired) electrons. The van der Waals surface area contributed by atoms with Crippen molar-refractivity contribution in [2.75, 3.05) is 0 Å². The molecule has 1 aromatic rings. The Morgan fingerprint density at radius 1 is 1.12 bits per heavy atom. The summed E-state index contributed by atoms with van der Waals surface area (Å²) < 4.78 is 24.4. The van der Waals surface area contributed by atoms with Crippen molar-refractivity contribution in [3.8, 4) is 0 Å². The molecule has 0 heterocycles. The van der Waals surface area contributed by atoms with Gasteiger partial charge < -0.3 is 5.73 Å². The molecule has 0 unspecified atom stereocenters. The lowest BCUT2D eigenvalue weighted by Crippen LogP contribution is -2.17. The second-order valence-corrected chi connectivity index (χ2v) is 6.53. The fourth-order valence-corrected chi connectivity index (χ4v) is 4.06. The molecule has 0 aromatic heterocycles. The first kappa shape index (κ1) is 11.6. The quantitative estimate of drug-likeness (QED) is 0.875. The summed E-state index contributed by atoms with van der Waals surface area (Å²) in [5.74, 6) is 0. The van der Waals surface area contributed by atoms with E-state index in [4.69, 9.17) is 5.73 Å². The molecular formula is C12H17NO2S. The summed E-state index contributed by atoms with van der Waals surface area (Å²) in [6.07, 6.45) is 3.68. The number of nitrogens with two attached hydrogens (primary N) is 1. The second-order valence-electron chi connectivity index (χ2n) is 4.30. The highest BCUT2D eigenvalue weighted by molar-refractivity contribution is 7.92. The van der Waals surface area contributed by atoms with Crippen molar-refractivity contribution in [1.82, 2.24) is 0 Å². The largest absolute Gasteiger partial charge is 0.326 e. The van der Waals surface area contributed by atoms with Crippen LogP contribution in [0.15, 0.2) is 29.2 Å². The van der Waals surface area contributed by atoms with E-state index in [2.05, 4.69) is 0 Å². The van der Waals surface area contributed by atoms with E-state index in [-0.39, 0.29) is 5.25 Å². The van der Waals surface area contributed by atoms with Crippen LogP contribution >= 0.6 is 0 Å². The maximum Gasteiger partial charge on any atom is 0.181 e. The van der Waals surface area contributed by atoms with Crippen molar-refractivity contribution in [3.05, 3.63) is 29.8 Å². The van der Waals surface area contributed by atoms with Gasteiger partial charge in [-0.2, -0.15) is 0 Å². The minimum atomic E-state index is -3.10. The van der Waals surface area contributed by atoms with Crippen LogP contribution in [-0.4, -0.2) is 13.7 Å². The lowest BCUT2D eigenvalue weighted by atomic mass is 10.2. The molecule has 0 bridgehead atoms. The molecule has 88 valence electrons. The predicted octanol–water partition coefficient (Wildman–Crippen LogP) is 1.86. The van der Waals surface area contributed by atoms with Gasteiger partial charge in [0.1, 0.15) is 0 Å². The maximum atomic E-state index is 12.2. The third-order valence-corrected chi connectivity index (χ3v) is 5.51. The Morgan fingerprint density at radius 3 is 2.19 bits per heavy atom. The zero-order valence-electron chi connectivity index (χ0n) is 9.22. The Balaban J connectivity index is 2.28. The van der Waals surface area contributed by atoms with Gasteiger partial charge in [-0.05, 0) is 30.5 Å². The van der Waals surface area contributed by atoms with Crippen LogP contribution in [0.2, 0.25) is 0 Å². The van der Waals surface area contributed by atoms with Gasteiger partial charge in [0.25, 0.3) is 0 Å². The molecule has 0 atom stereocenters. The summed E-state index contributed by atoms with van der Waals surface area (Å²) in [6.45, 7) is 0.448. The molecule has 1 aromatic carbocycles. The SMILES string of the molecule is NCc1ccc(S(=O)(=O)C2CCCC2)cc1. The van der Waals surface area contributed by atoms with Crippen molar-refractivity contribution in [3.63, 3.8) is 0 Å². The van der Waals surface area contributed by atoms with Crippen LogP contribution in [0.1, 0.15) is 31.2 Å². The van der Waals surface area contributed by atoms with Gasteiger partial charge in [0, 0.05) is 6.54 Å². The first-order chi connectivity index (χ1) is 7.64. The lowest BCUT2D eigenvalue weighted by molar-refractivity contribution is 0.579. The molecule has 3 nitrogen and oxygen atoms in total. The van der Waals surface area contributed by atoms with Crippen LogP contribution in [-0.2, 0) is 16.4 Å². The van der Waals surface area contributed by atoms with Gasteiger partial charge in [0.05, 0.1) is 10.1 Å². The van der Waals surface area contributed by atoms with Crippen LogP contribution < -0.4 is 5.73 Å². The molecular weight excluding hydrogens is 222 g/mol. The van der Waals surface area contributed by atoms with Gasteiger partial charge in [0.2, 0.25) is 0 Å².